The third-order valence-corrected chi connectivity index (χ3v) is 18.1. The van der Waals surface area contributed by atoms with Crippen LogP contribution in [0.15, 0.2) is 261 Å². The Kier molecular flexibility index (Phi) is 18.6. The van der Waals surface area contributed by atoms with Crippen LogP contribution < -0.4 is 0 Å². The van der Waals surface area contributed by atoms with Crippen molar-refractivity contribution in [1.29, 1.82) is 5.26 Å². The molecule has 0 amide bonds. The summed E-state index contributed by atoms with van der Waals surface area (Å²) < 4.78 is 5.91. The van der Waals surface area contributed by atoms with Crippen LogP contribution in [0.1, 0.15) is 76.9 Å². The van der Waals surface area contributed by atoms with E-state index in [0.717, 1.165) is 91.8 Å². The molecular weight excluding hydrogens is 1070 g/mol. The second kappa shape index (κ2) is 27.6. The average molecular weight is 1130 g/mol. The van der Waals surface area contributed by atoms with Crippen molar-refractivity contribution in [3.63, 3.8) is 0 Å². The quantitative estimate of drug-likeness (QED) is 0.0449. The molecule has 6 aromatic heterocycles. The van der Waals surface area contributed by atoms with Crippen LogP contribution in [0.4, 0.5) is 0 Å². The Morgan fingerprint density at radius 1 is 0.476 bits per heavy atom. The van der Waals surface area contributed by atoms with Gasteiger partial charge in [-0.3, -0.25) is 24.7 Å². The fourth-order valence-corrected chi connectivity index (χ4v) is 13.8. The van der Waals surface area contributed by atoms with Crippen molar-refractivity contribution in [2.24, 2.45) is 5.41 Å². The van der Waals surface area contributed by atoms with Gasteiger partial charge in [0.2, 0.25) is 0 Å². The molecule has 0 bridgehead atoms. The zero-order chi connectivity index (χ0) is 57.3. The topological polar surface area (TPSA) is 127 Å². The average Bonchev–Trinajstić information content (AvgIpc) is 3.66. The van der Waals surface area contributed by atoms with Crippen LogP contribution in [0, 0.1) is 16.7 Å². The number of hydrogen-bond donors (Lipinski definition) is 0. The molecule has 6 heterocycles. The van der Waals surface area contributed by atoms with Gasteiger partial charge in [0.15, 0.2) is 0 Å². The molecule has 0 aliphatic rings. The van der Waals surface area contributed by atoms with E-state index in [1.165, 1.54) is 16.7 Å². The van der Waals surface area contributed by atoms with E-state index < -0.39 is 5.41 Å². The van der Waals surface area contributed by atoms with Crippen LogP contribution in [0.5, 0.6) is 0 Å². The SMILES string of the molecule is CC(C#N)(CCC(=O)OCc1ccc(-c2cc(-c3ccccn3)nc(-c3ccccn3)c2)cc1)CC(SC(SC(CCc1ccc(-c2cc(-c3ccccn3)nc(-c3ccccn3)c2)cc1)c1ccccc1)c1ccccc1)c1ccccc1.[HH]. The smallest absolute Gasteiger partial charge is 0.306 e. The van der Waals surface area contributed by atoms with E-state index in [1.807, 2.05) is 146 Å². The largest absolute Gasteiger partial charge is 0.461 e. The number of carbonyl (C=O) groups is 1. The van der Waals surface area contributed by atoms with Crippen LogP contribution >= 0.6 is 23.5 Å². The van der Waals surface area contributed by atoms with Crippen molar-refractivity contribution in [2.75, 3.05) is 0 Å². The fourth-order valence-electron chi connectivity index (χ4n) is 10.1. The normalized spacial score (nSPS) is 13.0. The highest BCUT2D eigenvalue weighted by atomic mass is 32.2. The summed E-state index contributed by atoms with van der Waals surface area (Å²) in [6.45, 7) is 2.11. The first-order valence-electron chi connectivity index (χ1n) is 28.2. The molecule has 4 atom stereocenters. The van der Waals surface area contributed by atoms with E-state index in [-0.39, 0.29) is 35.5 Å². The number of ether oxygens (including phenoxy) is 1. The Balaban J connectivity index is 0.00000803. The van der Waals surface area contributed by atoms with E-state index in [0.29, 0.717) is 12.8 Å². The number of pyridine rings is 6. The molecule has 11 rings (SSSR count). The van der Waals surface area contributed by atoms with E-state index >= 15 is 0 Å². The van der Waals surface area contributed by atoms with Crippen molar-refractivity contribution >= 4 is 29.5 Å². The Morgan fingerprint density at radius 3 is 1.29 bits per heavy atom. The standard InChI is InChI=1S/C73H61N7O2S2.H2/c1-73(51-74,40-39-71(81)82-50-53-31-36-55(37-32-53)60-47-67(63-27-13-17-43-77-63)80-68(48-60)64-28-14-18-44-78-64)49-70(57-21-7-3-8-22-57)84-72(58-23-9-4-10-24-58)83-69(56-19-5-2-6-20-56)38-33-52-29-34-54(35-30-52)59-45-65(61-25-11-15-41-75-61)79-66(46-59)62-26-12-16-42-76-62;/h2-32,34-37,41-48,69-70,72H,33,38-40,49-50H2,1H3;1H. The number of aromatic nitrogens is 6. The van der Waals surface area contributed by atoms with Crippen molar-refractivity contribution in [3.05, 3.63) is 289 Å². The van der Waals surface area contributed by atoms with E-state index in [9.17, 15) is 10.1 Å². The van der Waals surface area contributed by atoms with E-state index in [2.05, 4.69) is 147 Å². The molecule has 0 saturated carbocycles. The molecule has 0 aliphatic heterocycles. The second-order valence-electron chi connectivity index (χ2n) is 20.9. The number of carbonyl (C=O) groups excluding carboxylic acids is 1. The highest BCUT2D eigenvalue weighted by molar-refractivity contribution is 8.16. The number of aryl methyl sites for hydroxylation is 1. The minimum atomic E-state index is -0.825. The number of rotatable bonds is 23. The summed E-state index contributed by atoms with van der Waals surface area (Å²) in [6, 6.07) is 83.3. The molecule has 84 heavy (non-hydrogen) atoms. The second-order valence-corrected chi connectivity index (χ2v) is 23.8. The summed E-state index contributed by atoms with van der Waals surface area (Å²) in [6.07, 6.45) is 9.92. The van der Waals surface area contributed by atoms with Crippen LogP contribution in [0.25, 0.3) is 67.8 Å². The van der Waals surface area contributed by atoms with E-state index in [1.54, 1.807) is 24.8 Å². The number of hydrogen-bond acceptors (Lipinski definition) is 11. The molecule has 11 aromatic rings. The summed E-state index contributed by atoms with van der Waals surface area (Å²) in [4.78, 5) is 41.8. The maximum atomic E-state index is 13.6. The van der Waals surface area contributed by atoms with Crippen LogP contribution in [0.3, 0.4) is 0 Å². The van der Waals surface area contributed by atoms with Gasteiger partial charge < -0.3 is 4.74 Å². The predicted molar refractivity (Wildman–Crippen MR) is 343 cm³/mol. The zero-order valence-electron chi connectivity index (χ0n) is 46.6. The molecule has 0 fully saturated rings. The maximum Gasteiger partial charge on any atom is 0.306 e. The van der Waals surface area contributed by atoms with Gasteiger partial charge in [-0.15, -0.1) is 23.5 Å². The molecule has 0 N–H and O–H groups in total. The van der Waals surface area contributed by atoms with Crippen LogP contribution in [-0.2, 0) is 22.6 Å². The van der Waals surface area contributed by atoms with Crippen LogP contribution in [-0.4, -0.2) is 35.9 Å². The summed E-state index contributed by atoms with van der Waals surface area (Å²) in [7, 11) is 0. The van der Waals surface area contributed by atoms with Crippen molar-refractivity contribution in [1.82, 2.24) is 29.9 Å². The van der Waals surface area contributed by atoms with Crippen molar-refractivity contribution in [3.8, 4) is 73.9 Å². The van der Waals surface area contributed by atoms with Gasteiger partial charge in [0.1, 0.15) is 6.61 Å². The highest BCUT2D eigenvalue weighted by Gasteiger charge is 2.33. The predicted octanol–water partition coefficient (Wildman–Crippen LogP) is 18.3. The Bertz CT molecular complexity index is 3810. The first-order chi connectivity index (χ1) is 41.3. The van der Waals surface area contributed by atoms with Gasteiger partial charge >= 0.3 is 5.97 Å². The maximum absolute atomic E-state index is 13.6. The third-order valence-electron chi connectivity index (χ3n) is 14.8. The Morgan fingerprint density at radius 2 is 0.869 bits per heavy atom. The first-order valence-corrected chi connectivity index (χ1v) is 30.1. The molecule has 0 aliphatic carbocycles. The lowest BCUT2D eigenvalue weighted by molar-refractivity contribution is -0.145. The monoisotopic (exact) mass is 1130 g/mol. The lowest BCUT2D eigenvalue weighted by Gasteiger charge is -2.31. The zero-order valence-corrected chi connectivity index (χ0v) is 48.2. The minimum absolute atomic E-state index is 0. The number of nitrogens with zero attached hydrogens (tertiary/aromatic N) is 7. The molecular formula is C73H63N7O2S2. The number of esters is 1. The molecule has 0 saturated heterocycles. The first kappa shape index (κ1) is 56.5. The van der Waals surface area contributed by atoms with Gasteiger partial charge in [-0.2, -0.15) is 5.26 Å². The molecule has 5 aromatic carbocycles. The molecule has 4 unspecified atom stereocenters. The van der Waals surface area contributed by atoms with Crippen molar-refractivity contribution < 1.29 is 11.0 Å². The molecule has 414 valence electrons. The van der Waals surface area contributed by atoms with Gasteiger partial charge in [-0.1, -0.05) is 164 Å². The Hall–Kier alpha value is -9.34. The van der Waals surface area contributed by atoms with Gasteiger partial charge in [-0.25, -0.2) is 9.97 Å². The highest BCUT2D eigenvalue weighted by Crippen LogP contribution is 2.56. The Labute approximate surface area is 501 Å². The number of benzene rings is 5. The van der Waals surface area contributed by atoms with Gasteiger partial charge in [0, 0.05) is 43.1 Å². The third kappa shape index (κ3) is 14.8. The molecule has 9 nitrogen and oxygen atoms in total. The lowest BCUT2D eigenvalue weighted by atomic mass is 9.81. The molecule has 11 heteroatoms. The summed E-state index contributed by atoms with van der Waals surface area (Å²) in [5, 5.41) is 11.1. The number of thioether (sulfide) groups is 2. The van der Waals surface area contributed by atoms with Crippen LogP contribution in [0.2, 0.25) is 0 Å². The van der Waals surface area contributed by atoms with Crippen molar-refractivity contribution in [2.45, 2.75) is 60.7 Å². The fraction of sp³-hybridized carbons (Fsp3) is 0.151. The number of nitriles is 1. The summed E-state index contributed by atoms with van der Waals surface area (Å²) >= 11 is 3.87. The van der Waals surface area contributed by atoms with Gasteiger partial charge in [0.05, 0.1) is 61.6 Å². The van der Waals surface area contributed by atoms with Gasteiger partial charge in [-0.05, 0) is 155 Å². The molecule has 0 radical (unpaired) electrons. The minimum Gasteiger partial charge on any atom is -0.461 e. The lowest BCUT2D eigenvalue weighted by Crippen LogP contribution is -2.20. The van der Waals surface area contributed by atoms with E-state index in [4.69, 9.17) is 14.7 Å². The summed E-state index contributed by atoms with van der Waals surface area (Å²) in [5.41, 5.74) is 15.3. The summed E-state index contributed by atoms with van der Waals surface area (Å²) in [5.74, 6) is -0.335. The van der Waals surface area contributed by atoms with Gasteiger partial charge in [0.25, 0.3) is 0 Å². The molecule has 0 spiro atoms.